The molecule has 0 saturated carbocycles. The molecule has 80 valence electrons. The fraction of sp³-hybridized carbons (Fsp3) is 0.0909. The van der Waals surface area contributed by atoms with Crippen LogP contribution < -0.4 is 29.6 Å². The Morgan fingerprint density at radius 2 is 1.62 bits per heavy atom. The van der Waals surface area contributed by atoms with Gasteiger partial charge in [0.05, 0.1) is 4.90 Å². The van der Waals surface area contributed by atoms with E-state index in [0.717, 1.165) is 16.3 Å². The zero-order valence-corrected chi connectivity index (χ0v) is 12.0. The van der Waals surface area contributed by atoms with Gasteiger partial charge in [0.1, 0.15) is 0 Å². The van der Waals surface area contributed by atoms with Crippen molar-refractivity contribution in [2.45, 2.75) is 11.8 Å². The second kappa shape index (κ2) is 4.85. The molecule has 0 radical (unpaired) electrons. The Bertz CT molecular complexity index is 626. The first kappa shape index (κ1) is 13.7. The Balaban J connectivity index is 0.00000128. The Morgan fingerprint density at radius 3 is 2.25 bits per heavy atom. The number of aryl methyl sites for hydroxylation is 1. The summed E-state index contributed by atoms with van der Waals surface area (Å²) in [6, 6.07) is 10.2. The monoisotopic (exact) mass is 246 g/mol. The van der Waals surface area contributed by atoms with E-state index in [1.807, 2.05) is 25.1 Å². The van der Waals surface area contributed by atoms with Gasteiger partial charge < -0.3 is 1.43 Å². The van der Waals surface area contributed by atoms with E-state index < -0.39 is 10.1 Å². The maximum absolute atomic E-state index is 10.9. The van der Waals surface area contributed by atoms with Gasteiger partial charge in [0, 0.05) is 0 Å². The molecular formula is C11H11NaO3S. The Morgan fingerprint density at radius 1 is 1.06 bits per heavy atom. The molecule has 0 amide bonds. The average molecular weight is 246 g/mol. The van der Waals surface area contributed by atoms with Crippen LogP contribution in [-0.2, 0) is 10.1 Å². The van der Waals surface area contributed by atoms with Gasteiger partial charge >= 0.3 is 29.6 Å². The second-order valence-corrected chi connectivity index (χ2v) is 4.91. The normalized spacial score (nSPS) is 11.1. The molecule has 5 heteroatoms. The summed E-state index contributed by atoms with van der Waals surface area (Å²) in [4.78, 5) is -0.0705. The van der Waals surface area contributed by atoms with Gasteiger partial charge in [0.2, 0.25) is 0 Å². The standard InChI is InChI=1S/C11H10O3S.Na.H/c1-8-2-3-10-7-11(15(12,13)14)5-4-9(10)6-8;;/h2-7H,1H3,(H,12,13,14);;/q;+1;-1. The first-order chi connectivity index (χ1) is 6.97. The molecule has 2 aromatic carbocycles. The van der Waals surface area contributed by atoms with Crippen molar-refractivity contribution in [1.82, 2.24) is 0 Å². The summed E-state index contributed by atoms with van der Waals surface area (Å²) in [5.74, 6) is 0. The van der Waals surface area contributed by atoms with Crippen LogP contribution in [0.5, 0.6) is 0 Å². The Kier molecular flexibility index (Phi) is 4.15. The molecule has 0 atom stereocenters. The number of benzene rings is 2. The molecule has 0 aliphatic carbocycles. The molecule has 3 nitrogen and oxygen atoms in total. The van der Waals surface area contributed by atoms with Crippen molar-refractivity contribution >= 4 is 20.9 Å². The quantitative estimate of drug-likeness (QED) is 0.546. The number of fused-ring (bicyclic) bond motifs is 1. The molecule has 1 N–H and O–H groups in total. The summed E-state index contributed by atoms with van der Waals surface area (Å²) < 4.78 is 30.7. The maximum Gasteiger partial charge on any atom is 1.00 e. The molecular weight excluding hydrogens is 235 g/mol. The average Bonchev–Trinajstić information content (AvgIpc) is 2.15. The van der Waals surface area contributed by atoms with Gasteiger partial charge in [0.25, 0.3) is 10.1 Å². The SMILES string of the molecule is Cc1ccc2cc(S(=O)(=O)O)ccc2c1.[H-].[Na+]. The van der Waals surface area contributed by atoms with E-state index in [1.54, 1.807) is 6.07 Å². The van der Waals surface area contributed by atoms with Crippen molar-refractivity contribution in [2.75, 3.05) is 0 Å². The van der Waals surface area contributed by atoms with Gasteiger partial charge in [-0.2, -0.15) is 8.42 Å². The van der Waals surface area contributed by atoms with Crippen molar-refractivity contribution in [1.29, 1.82) is 0 Å². The maximum atomic E-state index is 10.9. The molecule has 0 aliphatic rings. The zero-order chi connectivity index (χ0) is 11.1. The third-order valence-electron chi connectivity index (χ3n) is 2.27. The molecule has 0 fully saturated rings. The summed E-state index contributed by atoms with van der Waals surface area (Å²) in [5, 5.41) is 1.76. The van der Waals surface area contributed by atoms with Crippen molar-refractivity contribution in [2.24, 2.45) is 0 Å². The number of hydrogen-bond donors (Lipinski definition) is 1. The van der Waals surface area contributed by atoms with Crippen LogP contribution in [0, 0.1) is 6.92 Å². The molecule has 0 aromatic heterocycles. The van der Waals surface area contributed by atoms with Crippen molar-refractivity contribution in [3.8, 4) is 0 Å². The van der Waals surface area contributed by atoms with Crippen LogP contribution in [0.15, 0.2) is 41.3 Å². The van der Waals surface area contributed by atoms with Crippen LogP contribution in [0.4, 0.5) is 0 Å². The van der Waals surface area contributed by atoms with E-state index in [4.69, 9.17) is 4.55 Å². The van der Waals surface area contributed by atoms with E-state index in [1.165, 1.54) is 12.1 Å². The zero-order valence-electron chi connectivity index (χ0n) is 10.1. The molecule has 0 saturated heterocycles. The summed E-state index contributed by atoms with van der Waals surface area (Å²) in [7, 11) is -4.10. The summed E-state index contributed by atoms with van der Waals surface area (Å²) in [6.07, 6.45) is 0. The predicted octanol–water partition coefficient (Wildman–Crippen LogP) is -0.489. The fourth-order valence-electron chi connectivity index (χ4n) is 1.50. The van der Waals surface area contributed by atoms with Gasteiger partial charge in [-0.15, -0.1) is 0 Å². The molecule has 0 bridgehead atoms. The van der Waals surface area contributed by atoms with Crippen LogP contribution in [0.25, 0.3) is 10.8 Å². The molecule has 0 aliphatic heterocycles. The number of rotatable bonds is 1. The van der Waals surface area contributed by atoms with Crippen LogP contribution in [0.1, 0.15) is 6.99 Å². The van der Waals surface area contributed by atoms with Gasteiger partial charge in [0.15, 0.2) is 0 Å². The van der Waals surface area contributed by atoms with Gasteiger partial charge in [-0.05, 0) is 29.8 Å². The minimum Gasteiger partial charge on any atom is -1.00 e. The van der Waals surface area contributed by atoms with Crippen LogP contribution in [0.2, 0.25) is 0 Å². The first-order valence-electron chi connectivity index (χ1n) is 4.45. The summed E-state index contributed by atoms with van der Waals surface area (Å²) >= 11 is 0. The van der Waals surface area contributed by atoms with Crippen molar-refractivity contribution in [3.63, 3.8) is 0 Å². The molecule has 0 unspecified atom stereocenters. The Hall–Kier alpha value is -0.390. The summed E-state index contributed by atoms with van der Waals surface area (Å²) in [6.45, 7) is 1.97. The van der Waals surface area contributed by atoms with Crippen LogP contribution in [-0.4, -0.2) is 13.0 Å². The van der Waals surface area contributed by atoms with Crippen molar-refractivity contribution in [3.05, 3.63) is 42.0 Å². The molecule has 2 aromatic rings. The van der Waals surface area contributed by atoms with E-state index in [2.05, 4.69) is 0 Å². The van der Waals surface area contributed by atoms with Crippen LogP contribution in [0.3, 0.4) is 0 Å². The topological polar surface area (TPSA) is 54.4 Å². The molecule has 2 rings (SSSR count). The van der Waals surface area contributed by atoms with Gasteiger partial charge in [-0.25, -0.2) is 0 Å². The van der Waals surface area contributed by atoms with E-state index in [-0.39, 0.29) is 35.9 Å². The fourth-order valence-corrected chi connectivity index (χ4v) is 2.02. The van der Waals surface area contributed by atoms with Gasteiger partial charge in [-0.1, -0.05) is 29.8 Å². The summed E-state index contributed by atoms with van der Waals surface area (Å²) in [5.41, 5.74) is 1.11. The van der Waals surface area contributed by atoms with E-state index >= 15 is 0 Å². The second-order valence-electron chi connectivity index (χ2n) is 3.49. The van der Waals surface area contributed by atoms with Crippen molar-refractivity contribution < 1.29 is 44.0 Å². The predicted molar refractivity (Wildman–Crippen MR) is 59.6 cm³/mol. The molecule has 16 heavy (non-hydrogen) atoms. The van der Waals surface area contributed by atoms with E-state index in [9.17, 15) is 8.42 Å². The number of hydrogen-bond acceptors (Lipinski definition) is 2. The largest absolute Gasteiger partial charge is 1.00 e. The smallest absolute Gasteiger partial charge is 1.00 e. The van der Waals surface area contributed by atoms with E-state index in [0.29, 0.717) is 0 Å². The molecule has 0 heterocycles. The van der Waals surface area contributed by atoms with Gasteiger partial charge in [-0.3, -0.25) is 4.55 Å². The molecule has 0 spiro atoms. The third-order valence-corrected chi connectivity index (χ3v) is 3.11. The minimum absolute atomic E-state index is 0. The Labute approximate surface area is 118 Å². The minimum atomic E-state index is -4.10. The third kappa shape index (κ3) is 2.84. The first-order valence-corrected chi connectivity index (χ1v) is 5.89. The van der Waals surface area contributed by atoms with Crippen LogP contribution >= 0.6 is 0 Å².